The summed E-state index contributed by atoms with van der Waals surface area (Å²) in [4.78, 5) is 23.2. The van der Waals surface area contributed by atoms with E-state index in [-0.39, 0.29) is 18.6 Å². The van der Waals surface area contributed by atoms with E-state index in [1.54, 1.807) is 32.9 Å². The number of aliphatic carboxylic acids is 1. The van der Waals surface area contributed by atoms with Crippen LogP contribution in [0, 0.1) is 23.7 Å². The molecule has 0 saturated heterocycles. The molecule has 132 valence electrons. The summed E-state index contributed by atoms with van der Waals surface area (Å²) in [5.41, 5.74) is -0.0492. The highest BCUT2D eigenvalue weighted by Crippen LogP contribution is 2.19. The number of benzene rings is 1. The highest BCUT2D eigenvalue weighted by Gasteiger charge is 2.25. The molecule has 1 amide bonds. The van der Waals surface area contributed by atoms with E-state index in [1.165, 1.54) is 6.07 Å². The smallest absolute Gasteiger partial charge is 0.408 e. The van der Waals surface area contributed by atoms with Gasteiger partial charge in [-0.3, -0.25) is 0 Å². The van der Waals surface area contributed by atoms with Crippen LogP contribution in [0.1, 0.15) is 31.9 Å². The number of carboxylic acids is 1. The topological polar surface area (TPSA) is 109 Å². The van der Waals surface area contributed by atoms with Gasteiger partial charge < -0.3 is 19.9 Å². The fourth-order valence-corrected chi connectivity index (χ4v) is 1.92. The van der Waals surface area contributed by atoms with Crippen molar-refractivity contribution in [2.75, 3.05) is 6.61 Å². The van der Waals surface area contributed by atoms with E-state index in [1.807, 2.05) is 6.07 Å². The van der Waals surface area contributed by atoms with E-state index in [0.29, 0.717) is 11.3 Å². The molecule has 0 spiro atoms. The van der Waals surface area contributed by atoms with Crippen LogP contribution < -0.4 is 10.1 Å². The number of hydrogen-bond acceptors (Lipinski definition) is 5. The number of alkyl carbamates (subject to hydrolysis) is 1. The average molecular weight is 344 g/mol. The molecule has 7 nitrogen and oxygen atoms in total. The van der Waals surface area contributed by atoms with Gasteiger partial charge in [0.1, 0.15) is 24.0 Å². The number of hydrogen-bond donors (Lipinski definition) is 2. The molecule has 0 aliphatic heterocycles. The Hall–Kier alpha value is -3.19. The van der Waals surface area contributed by atoms with Crippen molar-refractivity contribution in [3.05, 3.63) is 29.3 Å². The molecule has 0 bridgehead atoms. The van der Waals surface area contributed by atoms with Gasteiger partial charge in [-0.15, -0.1) is 6.42 Å². The molecular formula is C18H20N2O5. The molecule has 0 radical (unpaired) electrons. The van der Waals surface area contributed by atoms with E-state index in [0.717, 1.165) is 0 Å². The van der Waals surface area contributed by atoms with Crippen LogP contribution in [0.5, 0.6) is 5.75 Å². The summed E-state index contributed by atoms with van der Waals surface area (Å²) in [6, 6.07) is 5.36. The summed E-state index contributed by atoms with van der Waals surface area (Å²) in [6.07, 6.45) is 4.19. The fourth-order valence-electron chi connectivity index (χ4n) is 1.92. The predicted octanol–water partition coefficient (Wildman–Crippen LogP) is 2.09. The number of carbonyl (C=O) groups is 2. The van der Waals surface area contributed by atoms with E-state index in [2.05, 4.69) is 11.2 Å². The number of ether oxygens (including phenoxy) is 2. The first-order chi connectivity index (χ1) is 11.7. The van der Waals surface area contributed by atoms with Gasteiger partial charge >= 0.3 is 12.1 Å². The molecule has 1 atom stereocenters. The Morgan fingerprint density at radius 1 is 1.40 bits per heavy atom. The van der Waals surface area contributed by atoms with Crippen LogP contribution in [-0.4, -0.2) is 35.4 Å². The van der Waals surface area contributed by atoms with Crippen molar-refractivity contribution in [3.63, 3.8) is 0 Å². The average Bonchev–Trinajstić information content (AvgIpc) is 2.51. The standard InChI is InChI=1S/C18H20N2O5/c1-5-8-24-14-7-6-12(13(9-14)11-19)10-15(16(21)22)20-17(23)25-18(2,3)4/h1,6-7,9,15H,8,10H2,2-4H3,(H,20,23)(H,21,22)/t15-/m0/s1. The molecule has 1 aromatic rings. The van der Waals surface area contributed by atoms with Crippen molar-refractivity contribution in [1.29, 1.82) is 5.26 Å². The second-order valence-electron chi connectivity index (χ2n) is 6.16. The number of terminal acetylenes is 1. The van der Waals surface area contributed by atoms with Crippen molar-refractivity contribution in [2.45, 2.75) is 38.8 Å². The minimum atomic E-state index is -1.24. The minimum Gasteiger partial charge on any atom is -0.481 e. The van der Waals surface area contributed by atoms with Crippen LogP contribution in [0.3, 0.4) is 0 Å². The van der Waals surface area contributed by atoms with Crippen molar-refractivity contribution in [1.82, 2.24) is 5.32 Å². The van der Waals surface area contributed by atoms with Crippen molar-refractivity contribution in [2.24, 2.45) is 0 Å². The SMILES string of the molecule is C#CCOc1ccc(C[C@H](NC(=O)OC(C)(C)C)C(=O)O)c(C#N)c1. The van der Waals surface area contributed by atoms with Gasteiger partial charge in [-0.05, 0) is 38.5 Å². The maximum Gasteiger partial charge on any atom is 0.408 e. The monoisotopic (exact) mass is 344 g/mol. The first kappa shape index (κ1) is 19.9. The molecule has 0 unspecified atom stereocenters. The van der Waals surface area contributed by atoms with Gasteiger partial charge in [0.05, 0.1) is 11.6 Å². The number of nitrogens with one attached hydrogen (secondary N) is 1. The summed E-state index contributed by atoms with van der Waals surface area (Å²) in [6.45, 7) is 5.07. The number of carbonyl (C=O) groups excluding carboxylic acids is 1. The fraction of sp³-hybridized carbons (Fsp3) is 0.389. The Morgan fingerprint density at radius 2 is 2.08 bits per heavy atom. The van der Waals surface area contributed by atoms with Crippen molar-refractivity contribution in [3.8, 4) is 24.2 Å². The van der Waals surface area contributed by atoms with Crippen LogP contribution in [0.4, 0.5) is 4.79 Å². The van der Waals surface area contributed by atoms with E-state index in [9.17, 15) is 20.0 Å². The number of nitrogens with zero attached hydrogens (tertiary/aromatic N) is 1. The summed E-state index contributed by atoms with van der Waals surface area (Å²) < 4.78 is 10.3. The summed E-state index contributed by atoms with van der Waals surface area (Å²) in [5.74, 6) is 1.49. The Bertz CT molecular complexity index is 722. The molecule has 25 heavy (non-hydrogen) atoms. The third-order valence-corrected chi connectivity index (χ3v) is 2.94. The van der Waals surface area contributed by atoms with Crippen molar-refractivity contribution < 1.29 is 24.2 Å². The first-order valence-corrected chi connectivity index (χ1v) is 7.48. The summed E-state index contributed by atoms with van der Waals surface area (Å²) >= 11 is 0. The van der Waals surface area contributed by atoms with Crippen LogP contribution in [0.2, 0.25) is 0 Å². The normalized spacial score (nSPS) is 11.6. The van der Waals surface area contributed by atoms with Gasteiger partial charge in [-0.1, -0.05) is 12.0 Å². The van der Waals surface area contributed by atoms with Crippen LogP contribution in [-0.2, 0) is 16.0 Å². The summed E-state index contributed by atoms with van der Waals surface area (Å²) in [5, 5.41) is 20.9. The Labute approximate surface area is 146 Å². The van der Waals surface area contributed by atoms with E-state index < -0.39 is 23.7 Å². The largest absolute Gasteiger partial charge is 0.481 e. The first-order valence-electron chi connectivity index (χ1n) is 7.48. The molecule has 7 heteroatoms. The predicted molar refractivity (Wildman–Crippen MR) is 90.0 cm³/mol. The Balaban J connectivity index is 2.92. The molecule has 0 heterocycles. The van der Waals surface area contributed by atoms with Crippen LogP contribution >= 0.6 is 0 Å². The van der Waals surface area contributed by atoms with E-state index >= 15 is 0 Å². The molecule has 1 aromatic carbocycles. The van der Waals surface area contributed by atoms with Gasteiger partial charge in [0.25, 0.3) is 0 Å². The Kier molecular flexibility index (Phi) is 6.83. The van der Waals surface area contributed by atoms with Gasteiger partial charge in [0, 0.05) is 6.42 Å². The summed E-state index contributed by atoms with van der Waals surface area (Å²) in [7, 11) is 0. The maximum atomic E-state index is 11.8. The lowest BCUT2D eigenvalue weighted by Gasteiger charge is -2.22. The molecule has 0 aliphatic carbocycles. The zero-order valence-electron chi connectivity index (χ0n) is 14.3. The number of rotatable bonds is 6. The molecule has 0 aliphatic rings. The molecule has 0 aromatic heterocycles. The van der Waals surface area contributed by atoms with Gasteiger partial charge in [0.15, 0.2) is 0 Å². The molecule has 2 N–H and O–H groups in total. The lowest BCUT2D eigenvalue weighted by molar-refractivity contribution is -0.139. The third-order valence-electron chi connectivity index (χ3n) is 2.94. The zero-order chi connectivity index (χ0) is 19.0. The lowest BCUT2D eigenvalue weighted by atomic mass is 10.0. The van der Waals surface area contributed by atoms with Crippen molar-refractivity contribution >= 4 is 12.1 Å². The van der Waals surface area contributed by atoms with Gasteiger partial charge in [-0.2, -0.15) is 5.26 Å². The highest BCUT2D eigenvalue weighted by molar-refractivity contribution is 5.80. The quantitative estimate of drug-likeness (QED) is 0.765. The molecule has 1 rings (SSSR count). The van der Waals surface area contributed by atoms with Crippen LogP contribution in [0.25, 0.3) is 0 Å². The Morgan fingerprint density at radius 3 is 2.60 bits per heavy atom. The van der Waals surface area contributed by atoms with E-state index in [4.69, 9.17) is 15.9 Å². The zero-order valence-corrected chi connectivity index (χ0v) is 14.3. The minimum absolute atomic E-state index is 0.0577. The molecule has 0 fully saturated rings. The second-order valence-corrected chi connectivity index (χ2v) is 6.16. The number of carboxylic acid groups (broad SMARTS) is 1. The lowest BCUT2D eigenvalue weighted by Crippen LogP contribution is -2.44. The van der Waals surface area contributed by atoms with Crippen LogP contribution in [0.15, 0.2) is 18.2 Å². The number of nitriles is 1. The highest BCUT2D eigenvalue weighted by atomic mass is 16.6. The third kappa shape index (κ3) is 6.84. The van der Waals surface area contributed by atoms with Gasteiger partial charge in [0.2, 0.25) is 0 Å². The molecular weight excluding hydrogens is 324 g/mol. The number of amides is 1. The maximum absolute atomic E-state index is 11.8. The second kappa shape index (κ2) is 8.60. The molecule has 0 saturated carbocycles. The van der Waals surface area contributed by atoms with Gasteiger partial charge in [-0.25, -0.2) is 9.59 Å².